The van der Waals surface area contributed by atoms with Crippen molar-refractivity contribution in [1.29, 1.82) is 0 Å². The van der Waals surface area contributed by atoms with Crippen LogP contribution in [-0.4, -0.2) is 172 Å². The Labute approximate surface area is 521 Å². The van der Waals surface area contributed by atoms with Crippen LogP contribution >= 0.6 is 0 Å². The zero-order valence-corrected chi connectivity index (χ0v) is 52.8. The van der Waals surface area contributed by atoms with E-state index in [-0.39, 0.29) is 38.4 Å². The quantitative estimate of drug-likeness (QED) is 0.0275. The highest BCUT2D eigenvalue weighted by Gasteiger charge is 2.35. The first kappa shape index (κ1) is 81.7. The van der Waals surface area contributed by atoms with E-state index in [9.17, 15) is 86.3 Å². The van der Waals surface area contributed by atoms with Gasteiger partial charge in [-0.1, -0.05) is 13.8 Å². The maximum absolute atomic E-state index is 13.4. The van der Waals surface area contributed by atoms with Crippen LogP contribution in [-0.2, 0) is 143 Å². The molecule has 0 saturated carbocycles. The van der Waals surface area contributed by atoms with Crippen molar-refractivity contribution in [1.82, 2.24) is 0 Å². The maximum atomic E-state index is 13.4. The van der Waals surface area contributed by atoms with Gasteiger partial charge in [-0.05, 0) is 120 Å². The zero-order chi connectivity index (χ0) is 68.5. The molecule has 0 saturated heterocycles. The van der Waals surface area contributed by atoms with Crippen LogP contribution in [0.25, 0.3) is 0 Å². The number of unbranched alkanes of at least 4 members (excludes halogenated alkanes) is 3. The van der Waals surface area contributed by atoms with E-state index in [1.165, 1.54) is 13.8 Å². The molecule has 0 spiro atoms. The Morgan fingerprint density at radius 2 is 0.522 bits per heavy atom. The third-order valence-corrected chi connectivity index (χ3v) is 13.1. The lowest BCUT2D eigenvalue weighted by Crippen LogP contribution is -2.37. The summed E-state index contributed by atoms with van der Waals surface area (Å²) in [7, 11) is 0. The van der Waals surface area contributed by atoms with Gasteiger partial charge in [-0.2, -0.15) is 0 Å². The van der Waals surface area contributed by atoms with Crippen LogP contribution in [0.2, 0.25) is 0 Å². The Morgan fingerprint density at radius 3 is 0.789 bits per heavy atom. The topological polar surface area (TPSA) is 418 Å². The molecule has 30 nitrogen and oxygen atoms in total. The fraction of sp³-hybridized carbons (Fsp3) is 0.700. The number of ether oxygens (including phenoxy) is 12. The average molecular weight is 1290 g/mol. The van der Waals surface area contributed by atoms with Crippen LogP contribution in [0, 0.1) is 35.5 Å². The second-order valence-electron chi connectivity index (χ2n) is 20.8. The van der Waals surface area contributed by atoms with Crippen LogP contribution < -0.4 is 0 Å². The van der Waals surface area contributed by atoms with Crippen LogP contribution in [0.3, 0.4) is 0 Å². The summed E-state index contributed by atoms with van der Waals surface area (Å²) in [5.74, 6) is -25.1. The molecule has 506 valence electrons. The van der Waals surface area contributed by atoms with Gasteiger partial charge in [-0.3, -0.25) is 86.3 Å². The number of carbonyl (C=O) groups excluding carboxylic acids is 18. The van der Waals surface area contributed by atoms with Gasteiger partial charge in [0, 0.05) is 38.5 Å². The minimum absolute atomic E-state index is 0.0566. The smallest absolute Gasteiger partial charge is 0.317 e. The van der Waals surface area contributed by atoms with Crippen LogP contribution in [0.5, 0.6) is 0 Å². The molecule has 8 unspecified atom stereocenters. The lowest BCUT2D eigenvalue weighted by atomic mass is 9.99. The van der Waals surface area contributed by atoms with E-state index >= 15 is 0 Å². The molecular formula is C60H86O30. The molecule has 0 aromatic rings. The molecule has 0 aromatic heterocycles. The Hall–Kier alpha value is -8.34. The number of esters is 12. The summed E-state index contributed by atoms with van der Waals surface area (Å²) >= 11 is 0. The predicted molar refractivity (Wildman–Crippen MR) is 301 cm³/mol. The van der Waals surface area contributed by atoms with Crippen molar-refractivity contribution in [2.45, 2.75) is 184 Å². The van der Waals surface area contributed by atoms with E-state index in [1.807, 2.05) is 6.92 Å². The van der Waals surface area contributed by atoms with Crippen LogP contribution in [0.4, 0.5) is 0 Å². The van der Waals surface area contributed by atoms with Crippen molar-refractivity contribution in [2.24, 2.45) is 35.5 Å². The average Bonchev–Trinajstić information content (AvgIpc) is 2.76. The number of hydrogen-bond acceptors (Lipinski definition) is 30. The molecule has 0 rings (SSSR count). The Bertz CT molecular complexity index is 2490. The molecule has 90 heavy (non-hydrogen) atoms. The van der Waals surface area contributed by atoms with Crippen molar-refractivity contribution in [2.75, 3.05) is 53.2 Å². The lowest BCUT2D eigenvalue weighted by Gasteiger charge is -2.22. The van der Waals surface area contributed by atoms with Crippen molar-refractivity contribution >= 4 is 106 Å². The second kappa shape index (κ2) is 45.8. The third kappa shape index (κ3) is 36.2. The van der Waals surface area contributed by atoms with Gasteiger partial charge >= 0.3 is 71.6 Å². The summed E-state index contributed by atoms with van der Waals surface area (Å²) in [6.45, 7) is 7.46. The predicted octanol–water partition coefficient (Wildman–Crippen LogP) is 3.71. The summed E-state index contributed by atoms with van der Waals surface area (Å²) in [6.07, 6.45) is -3.34. The van der Waals surface area contributed by atoms with E-state index < -0.39 is 227 Å². The van der Waals surface area contributed by atoms with Gasteiger partial charge in [0.1, 0.15) is 96.6 Å². The normalized spacial score (nSPS) is 13.4. The number of carbonyl (C=O) groups is 18. The van der Waals surface area contributed by atoms with Crippen LogP contribution in [0.1, 0.15) is 172 Å². The third-order valence-electron chi connectivity index (χ3n) is 13.1. The number of hydrogen-bond donors (Lipinski definition) is 0. The van der Waals surface area contributed by atoms with Gasteiger partial charge < -0.3 is 56.8 Å². The van der Waals surface area contributed by atoms with E-state index in [1.54, 1.807) is 6.92 Å². The molecule has 8 atom stereocenters. The van der Waals surface area contributed by atoms with E-state index in [0.29, 0.717) is 44.9 Å². The number of ketones is 6. The van der Waals surface area contributed by atoms with Gasteiger partial charge in [0.2, 0.25) is 13.6 Å². The molecule has 0 fully saturated rings. The Kier molecular flexibility index (Phi) is 41.6. The number of Topliss-reactive ketones (excluding diaryl/α,β-unsaturated/α-hetero) is 6. The highest BCUT2D eigenvalue weighted by atomic mass is 16.7. The maximum Gasteiger partial charge on any atom is 0.317 e. The molecule has 0 N–H and O–H groups in total. The first-order valence-corrected chi connectivity index (χ1v) is 29.4. The minimum atomic E-state index is -1.71. The summed E-state index contributed by atoms with van der Waals surface area (Å²) in [6, 6.07) is 0. The standard InChI is InChI=1S/C60H86O30/c1-11-17-49(67)79-27-15-13-14-16-28-80-51(69)23-19-45(39(7)63)57(75)83-31-43(29-81-55(73)35(3)37(5)61)89-59(77)47(41(9)65)21-25-53(71)87-34-88-54(72)26-22-48(42(10)66)60(78)90-44(30-82-56(74)36(4)38(6)62)32-84-58(76)46(40(8)64)20-24-52(70)86-33-85-50(68)18-12-2/h35-36,43-48H,11-34H2,1-10H3. The highest BCUT2D eigenvalue weighted by Crippen LogP contribution is 2.19. The SMILES string of the molecule is CCCC(=O)OCCCCCCOC(=O)CCC(C(C)=O)C(=O)OCC(COC(=O)C(C)C(C)=O)OC(=O)C(CCC(=O)OCOC(=O)CCC(C(C)=O)C(=O)OC(COC(=O)C(C)C(C)=O)COC(=O)C(CCC(=O)OCOC(=O)CCC)C(C)=O)C(C)=O. The molecule has 0 aliphatic heterocycles. The summed E-state index contributed by atoms with van der Waals surface area (Å²) in [5.41, 5.74) is 0. The molecule has 0 aliphatic rings. The van der Waals surface area contributed by atoms with Crippen molar-refractivity contribution in [3.05, 3.63) is 0 Å². The lowest BCUT2D eigenvalue weighted by molar-refractivity contribution is -0.175. The molecule has 30 heteroatoms. The van der Waals surface area contributed by atoms with Crippen molar-refractivity contribution in [3.8, 4) is 0 Å². The van der Waals surface area contributed by atoms with E-state index in [2.05, 4.69) is 0 Å². The number of rotatable bonds is 49. The highest BCUT2D eigenvalue weighted by molar-refractivity contribution is 6.01. The molecule has 0 bridgehead atoms. The van der Waals surface area contributed by atoms with Gasteiger partial charge in [0.15, 0.2) is 12.2 Å². The summed E-state index contributed by atoms with van der Waals surface area (Å²) in [5, 5.41) is 0. The van der Waals surface area contributed by atoms with Gasteiger partial charge in [-0.25, -0.2) is 0 Å². The van der Waals surface area contributed by atoms with Crippen LogP contribution in [0.15, 0.2) is 0 Å². The molecule has 0 aliphatic carbocycles. The van der Waals surface area contributed by atoms with Crippen molar-refractivity contribution < 1.29 is 143 Å². The van der Waals surface area contributed by atoms with E-state index in [4.69, 9.17) is 56.8 Å². The second-order valence-corrected chi connectivity index (χ2v) is 20.8. The Balaban J connectivity index is 5.69. The van der Waals surface area contributed by atoms with Gasteiger partial charge in [-0.15, -0.1) is 0 Å². The minimum Gasteiger partial charge on any atom is -0.466 e. The monoisotopic (exact) mass is 1290 g/mol. The molecule has 0 amide bonds. The fourth-order valence-corrected chi connectivity index (χ4v) is 7.30. The van der Waals surface area contributed by atoms with Gasteiger partial charge in [0.05, 0.1) is 13.2 Å². The molecular weight excluding hydrogens is 1200 g/mol. The van der Waals surface area contributed by atoms with Crippen molar-refractivity contribution in [3.63, 3.8) is 0 Å². The largest absolute Gasteiger partial charge is 0.466 e. The fourth-order valence-electron chi connectivity index (χ4n) is 7.30. The summed E-state index contributed by atoms with van der Waals surface area (Å²) in [4.78, 5) is 225. The molecule has 0 aromatic carbocycles. The van der Waals surface area contributed by atoms with E-state index in [0.717, 1.165) is 41.5 Å². The molecule has 0 radical (unpaired) electrons. The zero-order valence-electron chi connectivity index (χ0n) is 52.8. The van der Waals surface area contributed by atoms with Gasteiger partial charge in [0.25, 0.3) is 0 Å². The Morgan fingerprint density at radius 1 is 0.278 bits per heavy atom. The first-order valence-electron chi connectivity index (χ1n) is 29.4. The summed E-state index contributed by atoms with van der Waals surface area (Å²) < 4.78 is 60.9. The first-order chi connectivity index (χ1) is 42.4. The molecule has 0 heterocycles.